The van der Waals surface area contributed by atoms with Crippen molar-refractivity contribution in [3.63, 3.8) is 0 Å². The molecule has 0 saturated heterocycles. The van der Waals surface area contributed by atoms with Gasteiger partial charge in [-0.25, -0.2) is 0 Å². The van der Waals surface area contributed by atoms with E-state index in [0.717, 1.165) is 13.6 Å². The van der Waals surface area contributed by atoms with Crippen molar-refractivity contribution in [2.24, 2.45) is 0 Å². The molecular weight excluding hydrogens is 419 g/mol. The lowest BCUT2D eigenvalue weighted by atomic mass is 10.1. The predicted octanol–water partition coefficient (Wildman–Crippen LogP) is 4.62. The van der Waals surface area contributed by atoms with Crippen LogP contribution in [0.15, 0.2) is 46.9 Å². The lowest BCUT2D eigenvalue weighted by Crippen LogP contribution is -2.11. The standard InChI is InChI=1S/C15H12BrIO2/c1-10-8-13(6-7-14(10)16)19-9-15(18)11-2-4-12(17)5-3-11/h2-8H,9H2,1H3. The molecular formula is C15H12BrIO2. The minimum atomic E-state index is -0.0167. The number of ketones is 1. The van der Waals surface area contributed by atoms with Gasteiger partial charge in [0.25, 0.3) is 0 Å². The van der Waals surface area contributed by atoms with E-state index in [1.807, 2.05) is 49.4 Å². The van der Waals surface area contributed by atoms with E-state index >= 15 is 0 Å². The normalized spacial score (nSPS) is 10.3. The zero-order chi connectivity index (χ0) is 13.8. The predicted molar refractivity (Wildman–Crippen MR) is 87.9 cm³/mol. The summed E-state index contributed by atoms with van der Waals surface area (Å²) in [7, 11) is 0. The molecule has 0 heterocycles. The summed E-state index contributed by atoms with van der Waals surface area (Å²) >= 11 is 5.64. The molecule has 0 aliphatic carbocycles. The van der Waals surface area contributed by atoms with E-state index in [1.165, 1.54) is 0 Å². The zero-order valence-electron chi connectivity index (χ0n) is 10.3. The van der Waals surface area contributed by atoms with E-state index in [2.05, 4.69) is 38.5 Å². The number of halogens is 2. The highest BCUT2D eigenvalue weighted by Gasteiger charge is 2.07. The maximum Gasteiger partial charge on any atom is 0.200 e. The van der Waals surface area contributed by atoms with Gasteiger partial charge in [-0.2, -0.15) is 0 Å². The molecule has 2 aromatic rings. The number of aryl methyl sites for hydroxylation is 1. The van der Waals surface area contributed by atoms with Gasteiger partial charge in [-0.1, -0.05) is 28.1 Å². The van der Waals surface area contributed by atoms with E-state index in [1.54, 1.807) is 0 Å². The molecule has 0 amide bonds. The van der Waals surface area contributed by atoms with Crippen molar-refractivity contribution >= 4 is 44.3 Å². The number of carbonyl (C=O) groups excluding carboxylic acids is 1. The molecule has 0 aliphatic heterocycles. The number of benzene rings is 2. The van der Waals surface area contributed by atoms with Crippen molar-refractivity contribution in [2.75, 3.05) is 6.61 Å². The van der Waals surface area contributed by atoms with Crippen molar-refractivity contribution in [1.29, 1.82) is 0 Å². The van der Waals surface area contributed by atoms with Gasteiger partial charge in [0.15, 0.2) is 12.4 Å². The molecule has 0 unspecified atom stereocenters. The van der Waals surface area contributed by atoms with Gasteiger partial charge in [-0.05, 0) is 65.4 Å². The first-order valence-electron chi connectivity index (χ1n) is 5.74. The van der Waals surface area contributed by atoms with Gasteiger partial charge in [-0.3, -0.25) is 4.79 Å². The third-order valence-electron chi connectivity index (χ3n) is 2.67. The summed E-state index contributed by atoms with van der Waals surface area (Å²) in [4.78, 5) is 11.9. The van der Waals surface area contributed by atoms with Gasteiger partial charge in [0.1, 0.15) is 5.75 Å². The van der Waals surface area contributed by atoms with Crippen molar-refractivity contribution in [2.45, 2.75) is 6.92 Å². The Kier molecular flexibility index (Phi) is 4.99. The Morgan fingerprint density at radius 3 is 2.53 bits per heavy atom. The topological polar surface area (TPSA) is 26.3 Å². The second-order valence-electron chi connectivity index (χ2n) is 4.13. The summed E-state index contributed by atoms with van der Waals surface area (Å²) in [6.45, 7) is 2.04. The highest BCUT2D eigenvalue weighted by atomic mass is 127. The van der Waals surface area contributed by atoms with Crippen LogP contribution in [0.3, 0.4) is 0 Å². The third kappa shape index (κ3) is 4.04. The van der Waals surface area contributed by atoms with Crippen LogP contribution in [0.1, 0.15) is 15.9 Å². The first-order chi connectivity index (χ1) is 9.06. The lowest BCUT2D eigenvalue weighted by molar-refractivity contribution is 0.0921. The Hall–Kier alpha value is -0.880. The van der Waals surface area contributed by atoms with Gasteiger partial charge in [0, 0.05) is 13.6 Å². The Morgan fingerprint density at radius 1 is 1.21 bits per heavy atom. The second-order valence-corrected chi connectivity index (χ2v) is 6.23. The molecule has 0 fully saturated rings. The number of carbonyl (C=O) groups is 1. The van der Waals surface area contributed by atoms with Crippen LogP contribution in [0.5, 0.6) is 5.75 Å². The maximum absolute atomic E-state index is 11.9. The van der Waals surface area contributed by atoms with Crippen LogP contribution in [-0.2, 0) is 0 Å². The summed E-state index contributed by atoms with van der Waals surface area (Å²) in [5, 5.41) is 0. The van der Waals surface area contributed by atoms with Crippen LogP contribution in [-0.4, -0.2) is 12.4 Å². The van der Waals surface area contributed by atoms with Crippen molar-refractivity contribution in [3.05, 3.63) is 61.6 Å². The van der Waals surface area contributed by atoms with Crippen LogP contribution in [0.25, 0.3) is 0 Å². The molecule has 2 aromatic carbocycles. The Labute approximate surface area is 134 Å². The molecule has 4 heteroatoms. The van der Waals surface area contributed by atoms with E-state index < -0.39 is 0 Å². The summed E-state index contributed by atoms with van der Waals surface area (Å²) in [6.07, 6.45) is 0. The van der Waals surface area contributed by atoms with E-state index in [9.17, 15) is 4.79 Å². The molecule has 0 saturated carbocycles. The molecule has 98 valence electrons. The van der Waals surface area contributed by atoms with Gasteiger partial charge in [0.05, 0.1) is 0 Å². The lowest BCUT2D eigenvalue weighted by Gasteiger charge is -2.07. The smallest absolute Gasteiger partial charge is 0.200 e. The first-order valence-corrected chi connectivity index (χ1v) is 7.61. The fourth-order valence-corrected chi connectivity index (χ4v) is 2.18. The second kappa shape index (κ2) is 6.52. The maximum atomic E-state index is 11.9. The molecule has 2 rings (SSSR count). The van der Waals surface area contributed by atoms with Crippen molar-refractivity contribution < 1.29 is 9.53 Å². The monoisotopic (exact) mass is 430 g/mol. The molecule has 0 atom stereocenters. The zero-order valence-corrected chi connectivity index (χ0v) is 14.1. The molecule has 0 aromatic heterocycles. The van der Waals surface area contributed by atoms with Gasteiger partial charge in [0.2, 0.25) is 0 Å². The summed E-state index contributed by atoms with van der Waals surface area (Å²) < 4.78 is 7.66. The molecule has 19 heavy (non-hydrogen) atoms. The quantitative estimate of drug-likeness (QED) is 0.522. The van der Waals surface area contributed by atoms with Gasteiger partial charge < -0.3 is 4.74 Å². The summed E-state index contributed by atoms with van der Waals surface area (Å²) in [5.41, 5.74) is 1.76. The Balaban J connectivity index is 2.00. The molecule has 0 radical (unpaired) electrons. The van der Waals surface area contributed by atoms with Crippen molar-refractivity contribution in [1.82, 2.24) is 0 Å². The summed E-state index contributed by atoms with van der Waals surface area (Å²) in [5.74, 6) is 0.691. The highest BCUT2D eigenvalue weighted by Crippen LogP contribution is 2.21. The van der Waals surface area contributed by atoms with Gasteiger partial charge >= 0.3 is 0 Å². The van der Waals surface area contributed by atoms with E-state index in [4.69, 9.17) is 4.74 Å². The molecule has 0 N–H and O–H groups in total. The van der Waals surface area contributed by atoms with Crippen LogP contribution < -0.4 is 4.74 Å². The fraction of sp³-hybridized carbons (Fsp3) is 0.133. The number of ether oxygens (including phenoxy) is 1. The van der Waals surface area contributed by atoms with Crippen LogP contribution in [0.4, 0.5) is 0 Å². The SMILES string of the molecule is Cc1cc(OCC(=O)c2ccc(I)cc2)ccc1Br. The average molecular weight is 431 g/mol. The molecule has 0 spiro atoms. The Bertz CT molecular complexity index is 594. The third-order valence-corrected chi connectivity index (χ3v) is 4.27. The average Bonchev–Trinajstić information content (AvgIpc) is 2.40. The highest BCUT2D eigenvalue weighted by molar-refractivity contribution is 14.1. The number of Topliss-reactive ketones (excluding diaryl/α,β-unsaturated/α-hetero) is 1. The van der Waals surface area contributed by atoms with Crippen LogP contribution >= 0.6 is 38.5 Å². The number of hydrogen-bond acceptors (Lipinski definition) is 2. The minimum absolute atomic E-state index is 0.0167. The van der Waals surface area contributed by atoms with E-state index in [-0.39, 0.29) is 12.4 Å². The number of hydrogen-bond donors (Lipinski definition) is 0. The molecule has 0 aliphatic rings. The molecule has 2 nitrogen and oxygen atoms in total. The molecule has 0 bridgehead atoms. The van der Waals surface area contributed by atoms with Crippen LogP contribution in [0, 0.1) is 10.5 Å². The first kappa shape index (κ1) is 14.5. The van der Waals surface area contributed by atoms with Crippen molar-refractivity contribution in [3.8, 4) is 5.75 Å². The Morgan fingerprint density at radius 2 is 1.89 bits per heavy atom. The largest absolute Gasteiger partial charge is 0.485 e. The van der Waals surface area contributed by atoms with Gasteiger partial charge in [-0.15, -0.1) is 0 Å². The van der Waals surface area contributed by atoms with Crippen LogP contribution in [0.2, 0.25) is 0 Å². The fourth-order valence-electron chi connectivity index (χ4n) is 1.57. The number of rotatable bonds is 4. The summed E-state index contributed by atoms with van der Waals surface area (Å²) in [6, 6.07) is 13.1. The minimum Gasteiger partial charge on any atom is -0.485 e. The van der Waals surface area contributed by atoms with E-state index in [0.29, 0.717) is 11.3 Å².